The fraction of sp³-hybridized carbons (Fsp3) is 0.214. The summed E-state index contributed by atoms with van der Waals surface area (Å²) in [6.07, 6.45) is 4.00. The number of amides is 2. The topological polar surface area (TPSA) is 107 Å². The van der Waals surface area contributed by atoms with Crippen molar-refractivity contribution in [3.05, 3.63) is 53.6 Å². The zero-order valence-electron chi connectivity index (χ0n) is 11.3. The van der Waals surface area contributed by atoms with Crippen molar-refractivity contribution in [2.24, 2.45) is 0 Å². The average molecular weight is 288 g/mol. The van der Waals surface area contributed by atoms with Crippen LogP contribution in [0.25, 0.3) is 0 Å². The number of urea groups is 1. The maximum atomic E-state index is 11.6. The number of carbonyl (C=O) groups excluding carboxylic acids is 1. The third-order valence-electron chi connectivity index (χ3n) is 2.83. The molecule has 1 aromatic carbocycles. The Morgan fingerprint density at radius 2 is 2.14 bits per heavy atom. The van der Waals surface area contributed by atoms with Gasteiger partial charge in [-0.1, -0.05) is 12.1 Å². The largest absolute Gasteiger partial charge is 0.478 e. The van der Waals surface area contributed by atoms with Crippen molar-refractivity contribution in [1.82, 2.24) is 20.6 Å². The van der Waals surface area contributed by atoms with Gasteiger partial charge in [0.25, 0.3) is 0 Å². The number of rotatable bonds is 6. The average Bonchev–Trinajstić information content (AvgIpc) is 2.99. The molecule has 4 N–H and O–H groups in total. The predicted molar refractivity (Wildman–Crippen MR) is 75.9 cm³/mol. The number of nitrogens with one attached hydrogen (secondary N) is 3. The highest BCUT2D eigenvalue weighted by atomic mass is 16.4. The molecule has 7 nitrogen and oxygen atoms in total. The van der Waals surface area contributed by atoms with E-state index >= 15 is 0 Å². The van der Waals surface area contributed by atoms with Gasteiger partial charge in [0.2, 0.25) is 0 Å². The van der Waals surface area contributed by atoms with Crippen molar-refractivity contribution >= 4 is 12.0 Å². The van der Waals surface area contributed by atoms with Gasteiger partial charge in [0, 0.05) is 31.9 Å². The van der Waals surface area contributed by atoms with Crippen LogP contribution in [-0.2, 0) is 13.0 Å². The van der Waals surface area contributed by atoms with E-state index in [4.69, 9.17) is 5.11 Å². The summed E-state index contributed by atoms with van der Waals surface area (Å²) >= 11 is 0. The fourth-order valence-corrected chi connectivity index (χ4v) is 1.79. The van der Waals surface area contributed by atoms with Crippen LogP contribution in [0, 0.1) is 0 Å². The van der Waals surface area contributed by atoms with E-state index in [0.717, 1.165) is 11.4 Å². The fourth-order valence-electron chi connectivity index (χ4n) is 1.79. The van der Waals surface area contributed by atoms with Crippen LogP contribution in [-0.4, -0.2) is 33.6 Å². The molecule has 0 aliphatic heterocycles. The normalized spacial score (nSPS) is 10.1. The predicted octanol–water partition coefficient (Wildman–Crippen LogP) is 1.15. The van der Waals surface area contributed by atoms with E-state index in [1.807, 2.05) is 0 Å². The van der Waals surface area contributed by atoms with Gasteiger partial charge in [0.15, 0.2) is 0 Å². The van der Waals surface area contributed by atoms with Crippen LogP contribution in [0.15, 0.2) is 36.7 Å². The van der Waals surface area contributed by atoms with E-state index in [1.54, 1.807) is 24.5 Å². The van der Waals surface area contributed by atoms with Crippen molar-refractivity contribution in [1.29, 1.82) is 0 Å². The minimum atomic E-state index is -0.986. The smallest absolute Gasteiger partial charge is 0.335 e. The third kappa shape index (κ3) is 4.64. The van der Waals surface area contributed by atoms with Crippen LogP contribution in [0.1, 0.15) is 21.7 Å². The van der Waals surface area contributed by atoms with E-state index in [0.29, 0.717) is 13.0 Å². The number of aromatic carboxylic acids is 1. The number of carboxylic acids is 1. The first kappa shape index (κ1) is 14.6. The first-order chi connectivity index (χ1) is 10.1. The van der Waals surface area contributed by atoms with Crippen LogP contribution in [0.5, 0.6) is 0 Å². The summed E-state index contributed by atoms with van der Waals surface area (Å²) < 4.78 is 0. The standard InChI is InChI=1S/C14H16N4O3/c19-13(20)11-3-1-2-10(8-11)9-18-14(21)17-5-4-12-15-6-7-16-12/h1-3,6-8H,4-5,9H2,(H,15,16)(H,19,20)(H2,17,18,21). The Kier molecular flexibility index (Phi) is 4.92. The van der Waals surface area contributed by atoms with Crippen molar-refractivity contribution in [2.45, 2.75) is 13.0 Å². The number of hydrogen-bond acceptors (Lipinski definition) is 3. The zero-order chi connectivity index (χ0) is 15.1. The Morgan fingerprint density at radius 3 is 2.86 bits per heavy atom. The number of aromatic nitrogens is 2. The highest BCUT2D eigenvalue weighted by molar-refractivity contribution is 5.87. The Balaban J connectivity index is 1.73. The van der Waals surface area contributed by atoms with Gasteiger partial charge in [-0.05, 0) is 17.7 Å². The van der Waals surface area contributed by atoms with Crippen molar-refractivity contribution in [3.63, 3.8) is 0 Å². The second-order valence-electron chi connectivity index (χ2n) is 4.40. The molecule has 2 aromatic rings. The van der Waals surface area contributed by atoms with Crippen molar-refractivity contribution in [3.8, 4) is 0 Å². The quantitative estimate of drug-likeness (QED) is 0.639. The van der Waals surface area contributed by atoms with Crippen molar-refractivity contribution in [2.75, 3.05) is 6.54 Å². The summed E-state index contributed by atoms with van der Waals surface area (Å²) in [5.74, 6) is -0.177. The van der Waals surface area contributed by atoms with E-state index < -0.39 is 5.97 Å². The number of hydrogen-bond donors (Lipinski definition) is 4. The van der Waals surface area contributed by atoms with Gasteiger partial charge in [-0.15, -0.1) is 0 Å². The van der Waals surface area contributed by atoms with Gasteiger partial charge in [-0.3, -0.25) is 0 Å². The number of benzene rings is 1. The minimum Gasteiger partial charge on any atom is -0.478 e. The Morgan fingerprint density at radius 1 is 1.29 bits per heavy atom. The lowest BCUT2D eigenvalue weighted by Gasteiger charge is -2.07. The van der Waals surface area contributed by atoms with Gasteiger partial charge in [-0.2, -0.15) is 0 Å². The summed E-state index contributed by atoms with van der Waals surface area (Å²) in [5, 5.41) is 14.3. The maximum Gasteiger partial charge on any atom is 0.335 e. The second-order valence-corrected chi connectivity index (χ2v) is 4.40. The van der Waals surface area contributed by atoms with E-state index in [1.165, 1.54) is 12.1 Å². The lowest BCUT2D eigenvalue weighted by Crippen LogP contribution is -2.36. The SMILES string of the molecule is O=C(NCCc1ncc[nH]1)NCc1cccc(C(=O)O)c1. The summed E-state index contributed by atoms with van der Waals surface area (Å²) in [5.41, 5.74) is 0.934. The molecule has 7 heteroatoms. The first-order valence-electron chi connectivity index (χ1n) is 6.47. The van der Waals surface area contributed by atoms with E-state index in [9.17, 15) is 9.59 Å². The number of carbonyl (C=O) groups is 2. The second kappa shape index (κ2) is 7.09. The molecule has 21 heavy (non-hydrogen) atoms. The lowest BCUT2D eigenvalue weighted by molar-refractivity contribution is 0.0696. The molecule has 0 radical (unpaired) electrons. The molecule has 2 amide bonds. The number of aromatic amines is 1. The highest BCUT2D eigenvalue weighted by Crippen LogP contribution is 2.04. The molecule has 0 aliphatic rings. The minimum absolute atomic E-state index is 0.201. The lowest BCUT2D eigenvalue weighted by atomic mass is 10.1. The molecule has 0 aliphatic carbocycles. The molecule has 1 aromatic heterocycles. The summed E-state index contributed by atoms with van der Waals surface area (Å²) in [6.45, 7) is 0.738. The third-order valence-corrected chi connectivity index (χ3v) is 2.83. The van der Waals surface area contributed by atoms with Gasteiger partial charge in [-0.25, -0.2) is 14.6 Å². The molecule has 2 rings (SSSR count). The molecule has 0 saturated carbocycles. The van der Waals surface area contributed by atoms with E-state index in [2.05, 4.69) is 20.6 Å². The summed E-state index contributed by atoms with van der Waals surface area (Å²) in [4.78, 5) is 29.4. The molecule has 0 atom stereocenters. The molecule has 1 heterocycles. The van der Waals surface area contributed by atoms with Crippen LogP contribution in [0.2, 0.25) is 0 Å². The number of carboxylic acid groups (broad SMARTS) is 1. The highest BCUT2D eigenvalue weighted by Gasteiger charge is 2.05. The number of H-pyrrole nitrogens is 1. The van der Waals surface area contributed by atoms with Gasteiger partial charge < -0.3 is 20.7 Å². The Labute approximate surface area is 121 Å². The van der Waals surface area contributed by atoms with Gasteiger partial charge in [0.05, 0.1) is 5.56 Å². The Bertz CT molecular complexity index is 610. The monoisotopic (exact) mass is 288 g/mol. The summed E-state index contributed by atoms with van der Waals surface area (Å²) in [7, 11) is 0. The molecule has 0 fully saturated rings. The first-order valence-corrected chi connectivity index (χ1v) is 6.47. The zero-order valence-corrected chi connectivity index (χ0v) is 11.3. The molecule has 110 valence electrons. The van der Waals surface area contributed by atoms with Crippen LogP contribution in [0.3, 0.4) is 0 Å². The van der Waals surface area contributed by atoms with Crippen LogP contribution >= 0.6 is 0 Å². The van der Waals surface area contributed by atoms with Gasteiger partial charge >= 0.3 is 12.0 Å². The van der Waals surface area contributed by atoms with Crippen molar-refractivity contribution < 1.29 is 14.7 Å². The molecule has 0 saturated heterocycles. The molecule has 0 bridgehead atoms. The molecular formula is C14H16N4O3. The van der Waals surface area contributed by atoms with E-state index in [-0.39, 0.29) is 18.1 Å². The number of nitrogens with zero attached hydrogens (tertiary/aromatic N) is 1. The molecule has 0 spiro atoms. The number of imidazole rings is 1. The van der Waals surface area contributed by atoms with Gasteiger partial charge in [0.1, 0.15) is 5.82 Å². The maximum absolute atomic E-state index is 11.6. The van der Waals surface area contributed by atoms with Crippen LogP contribution in [0.4, 0.5) is 4.79 Å². The molecular weight excluding hydrogens is 272 g/mol. The summed E-state index contributed by atoms with van der Waals surface area (Å²) in [6, 6.07) is 6.15. The van der Waals surface area contributed by atoms with Crippen LogP contribution < -0.4 is 10.6 Å². The Hall–Kier alpha value is -2.83. The molecule has 0 unspecified atom stereocenters.